The third-order valence-electron chi connectivity index (χ3n) is 3.95. The molecular weight excluding hydrogens is 274 g/mol. The van der Waals surface area contributed by atoms with Gasteiger partial charge in [0.15, 0.2) is 0 Å². The van der Waals surface area contributed by atoms with E-state index in [1.165, 1.54) is 4.90 Å². The minimum absolute atomic E-state index is 0.00482. The number of hydrogen-bond donors (Lipinski definition) is 1. The van der Waals surface area contributed by atoms with Gasteiger partial charge in [0.2, 0.25) is 5.91 Å². The van der Waals surface area contributed by atoms with Crippen LogP contribution in [0, 0.1) is 0 Å². The van der Waals surface area contributed by atoms with Crippen molar-refractivity contribution in [3.8, 4) is 0 Å². The highest BCUT2D eigenvalue weighted by Crippen LogP contribution is 2.27. The van der Waals surface area contributed by atoms with Crippen LogP contribution in [-0.2, 0) is 11.3 Å². The molecule has 3 rings (SSSR count). The van der Waals surface area contributed by atoms with Crippen LogP contribution in [0.3, 0.4) is 0 Å². The van der Waals surface area contributed by atoms with Crippen molar-refractivity contribution in [1.29, 1.82) is 0 Å². The first-order valence-corrected chi connectivity index (χ1v) is 7.98. The molecular formula is C14H19N3O2S. The standard InChI is InChI=1S/C14H19N3O2S/c1-2-7-16-13(18)12-11(5-6-15-12)17(14(16)19)9-10-4-3-8-20-10/h3-4,8,11-12,15H,2,5-7,9H2,1H3/t11-,12+/m1/s1. The summed E-state index contributed by atoms with van der Waals surface area (Å²) in [5, 5.41) is 5.26. The molecule has 0 saturated carbocycles. The molecule has 0 radical (unpaired) electrons. The van der Waals surface area contributed by atoms with E-state index in [-0.39, 0.29) is 24.0 Å². The Morgan fingerprint density at radius 2 is 2.30 bits per heavy atom. The van der Waals surface area contributed by atoms with Crippen molar-refractivity contribution < 1.29 is 9.59 Å². The lowest BCUT2D eigenvalue weighted by Gasteiger charge is -2.41. The van der Waals surface area contributed by atoms with Gasteiger partial charge in [-0.3, -0.25) is 9.69 Å². The third-order valence-corrected chi connectivity index (χ3v) is 4.81. The Morgan fingerprint density at radius 3 is 3.00 bits per heavy atom. The van der Waals surface area contributed by atoms with Crippen LogP contribution in [0.15, 0.2) is 17.5 Å². The van der Waals surface area contributed by atoms with Gasteiger partial charge in [-0.1, -0.05) is 13.0 Å². The third kappa shape index (κ3) is 2.23. The highest BCUT2D eigenvalue weighted by atomic mass is 32.1. The summed E-state index contributed by atoms with van der Waals surface area (Å²) in [7, 11) is 0. The van der Waals surface area contributed by atoms with E-state index >= 15 is 0 Å². The number of urea groups is 1. The molecule has 108 valence electrons. The maximum absolute atomic E-state index is 12.6. The minimum atomic E-state index is -0.223. The molecule has 0 spiro atoms. The second kappa shape index (κ2) is 5.54. The van der Waals surface area contributed by atoms with E-state index in [1.807, 2.05) is 29.3 Å². The zero-order valence-electron chi connectivity index (χ0n) is 11.5. The fourth-order valence-corrected chi connectivity index (χ4v) is 3.72. The highest BCUT2D eigenvalue weighted by Gasteiger charge is 2.47. The minimum Gasteiger partial charge on any atom is -0.314 e. The Bertz CT molecular complexity index is 503. The topological polar surface area (TPSA) is 52.7 Å². The maximum atomic E-state index is 12.6. The highest BCUT2D eigenvalue weighted by molar-refractivity contribution is 7.09. The maximum Gasteiger partial charge on any atom is 0.327 e. The first-order chi connectivity index (χ1) is 9.72. The fraction of sp³-hybridized carbons (Fsp3) is 0.571. The number of thiophene rings is 1. The number of rotatable bonds is 4. The molecule has 1 aromatic heterocycles. The Hall–Kier alpha value is -1.40. The van der Waals surface area contributed by atoms with Crippen molar-refractivity contribution in [2.45, 2.75) is 38.4 Å². The number of nitrogens with zero attached hydrogens (tertiary/aromatic N) is 2. The predicted octanol–water partition coefficient (Wildman–Crippen LogP) is 1.65. The van der Waals surface area contributed by atoms with Gasteiger partial charge in [0.25, 0.3) is 0 Å². The molecule has 2 saturated heterocycles. The Balaban J connectivity index is 1.86. The molecule has 2 fully saturated rings. The van der Waals surface area contributed by atoms with Crippen LogP contribution in [0.25, 0.3) is 0 Å². The smallest absolute Gasteiger partial charge is 0.314 e. The summed E-state index contributed by atoms with van der Waals surface area (Å²) in [6.07, 6.45) is 1.65. The molecule has 2 atom stereocenters. The molecule has 3 amide bonds. The molecule has 3 heterocycles. The van der Waals surface area contributed by atoms with Crippen LogP contribution >= 0.6 is 11.3 Å². The summed E-state index contributed by atoms with van der Waals surface area (Å²) in [4.78, 5) is 29.4. The van der Waals surface area contributed by atoms with Gasteiger partial charge < -0.3 is 10.2 Å². The van der Waals surface area contributed by atoms with Crippen LogP contribution in [0.1, 0.15) is 24.6 Å². The second-order valence-corrected chi connectivity index (χ2v) is 6.30. The van der Waals surface area contributed by atoms with E-state index in [0.29, 0.717) is 13.1 Å². The predicted molar refractivity (Wildman–Crippen MR) is 77.5 cm³/mol. The van der Waals surface area contributed by atoms with Crippen LogP contribution in [-0.4, -0.2) is 46.9 Å². The van der Waals surface area contributed by atoms with E-state index < -0.39 is 0 Å². The molecule has 2 aliphatic heterocycles. The van der Waals surface area contributed by atoms with E-state index in [1.54, 1.807) is 11.3 Å². The van der Waals surface area contributed by atoms with Gasteiger partial charge in [-0.15, -0.1) is 11.3 Å². The lowest BCUT2D eigenvalue weighted by molar-refractivity contribution is -0.134. The summed E-state index contributed by atoms with van der Waals surface area (Å²) in [6, 6.07) is 3.68. The van der Waals surface area contributed by atoms with E-state index in [4.69, 9.17) is 0 Å². The number of amides is 3. The fourth-order valence-electron chi connectivity index (χ4n) is 3.02. The van der Waals surface area contributed by atoms with Gasteiger partial charge in [-0.05, 0) is 30.8 Å². The lowest BCUT2D eigenvalue weighted by Crippen LogP contribution is -2.64. The van der Waals surface area contributed by atoms with Crippen LogP contribution in [0.5, 0.6) is 0 Å². The van der Waals surface area contributed by atoms with Crippen molar-refractivity contribution in [3.63, 3.8) is 0 Å². The van der Waals surface area contributed by atoms with Crippen LogP contribution in [0.4, 0.5) is 4.79 Å². The first kappa shape index (κ1) is 13.6. The molecule has 1 N–H and O–H groups in total. The van der Waals surface area contributed by atoms with Crippen LogP contribution in [0.2, 0.25) is 0 Å². The molecule has 2 aliphatic rings. The number of hydrogen-bond acceptors (Lipinski definition) is 4. The lowest BCUT2D eigenvalue weighted by atomic mass is 10.0. The largest absolute Gasteiger partial charge is 0.327 e. The quantitative estimate of drug-likeness (QED) is 0.918. The van der Waals surface area contributed by atoms with Crippen molar-refractivity contribution in [3.05, 3.63) is 22.4 Å². The van der Waals surface area contributed by atoms with Gasteiger partial charge in [0.05, 0.1) is 12.6 Å². The average Bonchev–Trinajstić information content (AvgIpc) is 3.10. The van der Waals surface area contributed by atoms with Crippen molar-refractivity contribution >= 4 is 23.3 Å². The number of nitrogens with one attached hydrogen (secondary N) is 1. The molecule has 1 aromatic rings. The van der Waals surface area contributed by atoms with E-state index in [2.05, 4.69) is 5.32 Å². The molecule has 0 aliphatic carbocycles. The Morgan fingerprint density at radius 1 is 1.45 bits per heavy atom. The van der Waals surface area contributed by atoms with E-state index in [9.17, 15) is 9.59 Å². The summed E-state index contributed by atoms with van der Waals surface area (Å²) in [5.41, 5.74) is 0. The van der Waals surface area contributed by atoms with Gasteiger partial charge in [0.1, 0.15) is 6.04 Å². The zero-order valence-corrected chi connectivity index (χ0v) is 12.4. The van der Waals surface area contributed by atoms with Crippen molar-refractivity contribution in [2.75, 3.05) is 13.1 Å². The van der Waals surface area contributed by atoms with Crippen molar-refractivity contribution in [2.24, 2.45) is 0 Å². The van der Waals surface area contributed by atoms with Gasteiger partial charge in [-0.25, -0.2) is 4.79 Å². The average molecular weight is 293 g/mol. The summed E-state index contributed by atoms with van der Waals surface area (Å²) < 4.78 is 0. The van der Waals surface area contributed by atoms with Crippen molar-refractivity contribution in [1.82, 2.24) is 15.1 Å². The monoisotopic (exact) mass is 293 g/mol. The van der Waals surface area contributed by atoms with Gasteiger partial charge in [0, 0.05) is 11.4 Å². The molecule has 0 aromatic carbocycles. The number of carbonyl (C=O) groups is 2. The molecule has 0 bridgehead atoms. The number of fused-ring (bicyclic) bond motifs is 1. The summed E-state index contributed by atoms with van der Waals surface area (Å²) in [6.45, 7) is 3.89. The van der Waals surface area contributed by atoms with Gasteiger partial charge in [-0.2, -0.15) is 0 Å². The Kier molecular flexibility index (Phi) is 3.76. The van der Waals surface area contributed by atoms with E-state index in [0.717, 1.165) is 24.3 Å². The first-order valence-electron chi connectivity index (χ1n) is 7.10. The van der Waals surface area contributed by atoms with Gasteiger partial charge >= 0.3 is 6.03 Å². The molecule has 20 heavy (non-hydrogen) atoms. The molecule has 0 unspecified atom stereocenters. The number of carbonyl (C=O) groups excluding carboxylic acids is 2. The number of imide groups is 1. The normalized spacial score (nSPS) is 26.2. The SMILES string of the molecule is CCCN1C(=O)[C@H]2NCC[C@H]2N(Cc2cccs2)C1=O. The molecule has 6 heteroatoms. The van der Waals surface area contributed by atoms with Crippen LogP contribution < -0.4 is 5.32 Å². The summed E-state index contributed by atoms with van der Waals surface area (Å²) in [5.74, 6) is -0.0539. The molecule has 5 nitrogen and oxygen atoms in total. The summed E-state index contributed by atoms with van der Waals surface area (Å²) >= 11 is 1.65. The zero-order chi connectivity index (χ0) is 14.1. The second-order valence-electron chi connectivity index (χ2n) is 5.27. The Labute approximate surface area is 122 Å².